The first kappa shape index (κ1) is 22.2. The minimum atomic E-state index is -0.362. The molecule has 0 fully saturated rings. The molecule has 8 nitrogen and oxygen atoms in total. The van der Waals surface area contributed by atoms with Crippen LogP contribution in [-0.4, -0.2) is 31.0 Å². The molecule has 170 valence electrons. The highest BCUT2D eigenvalue weighted by atomic mass is 35.5. The molecule has 0 radical (unpaired) electrons. The fraction of sp³-hybridized carbons (Fsp3) is 0.208. The summed E-state index contributed by atoms with van der Waals surface area (Å²) in [7, 11) is 0. The van der Waals surface area contributed by atoms with Crippen LogP contribution in [0.3, 0.4) is 0 Å². The number of aromatic nitrogens is 4. The van der Waals surface area contributed by atoms with E-state index in [0.717, 1.165) is 16.8 Å². The highest BCUT2D eigenvalue weighted by Gasteiger charge is 2.30. The van der Waals surface area contributed by atoms with Gasteiger partial charge in [-0.1, -0.05) is 41.1 Å². The van der Waals surface area contributed by atoms with Crippen LogP contribution in [0.5, 0.6) is 0 Å². The van der Waals surface area contributed by atoms with Crippen LogP contribution in [0.15, 0.2) is 52.5 Å². The molecule has 1 aliphatic rings. The Hall–Kier alpha value is -3.61. The monoisotopic (exact) mass is 490 g/mol. The number of nitrogens with zero attached hydrogens (tertiary/aromatic N) is 5. The van der Waals surface area contributed by atoms with E-state index in [9.17, 15) is 14.9 Å². The van der Waals surface area contributed by atoms with E-state index >= 15 is 0 Å². The number of rotatable bonds is 4. The van der Waals surface area contributed by atoms with Crippen LogP contribution < -0.4 is 10.9 Å². The Balaban J connectivity index is 1.46. The lowest BCUT2D eigenvalue weighted by atomic mass is 10.1. The van der Waals surface area contributed by atoms with Gasteiger partial charge in [0, 0.05) is 17.2 Å². The minimum Gasteiger partial charge on any atom is -0.325 e. The Bertz CT molecular complexity index is 1570. The van der Waals surface area contributed by atoms with Crippen molar-refractivity contribution in [2.45, 2.75) is 31.5 Å². The lowest BCUT2D eigenvalue weighted by Crippen LogP contribution is -2.28. The second-order valence-electron chi connectivity index (χ2n) is 8.17. The average Bonchev–Trinajstić information content (AvgIpc) is 3.39. The van der Waals surface area contributed by atoms with Gasteiger partial charge in [-0.25, -0.2) is 9.67 Å². The van der Waals surface area contributed by atoms with Crippen LogP contribution in [0.1, 0.15) is 29.2 Å². The van der Waals surface area contributed by atoms with E-state index < -0.39 is 0 Å². The zero-order valence-electron chi connectivity index (χ0n) is 18.4. The van der Waals surface area contributed by atoms with Crippen LogP contribution in [0.2, 0.25) is 5.02 Å². The molecule has 2 aromatic carbocycles. The van der Waals surface area contributed by atoms with Crippen molar-refractivity contribution in [3.05, 3.63) is 74.7 Å². The zero-order chi connectivity index (χ0) is 24.0. The van der Waals surface area contributed by atoms with Crippen molar-refractivity contribution < 1.29 is 4.79 Å². The fourth-order valence-corrected chi connectivity index (χ4v) is 5.44. The fourth-order valence-electron chi connectivity index (χ4n) is 4.13. The first-order valence-corrected chi connectivity index (χ1v) is 11.9. The second kappa shape index (κ2) is 8.63. The Kier molecular flexibility index (Phi) is 5.63. The average molecular weight is 491 g/mol. The van der Waals surface area contributed by atoms with Gasteiger partial charge in [0.2, 0.25) is 5.91 Å². The Labute approximate surface area is 204 Å². The van der Waals surface area contributed by atoms with E-state index in [1.807, 2.05) is 32.0 Å². The number of hydrogen-bond acceptors (Lipinski definition) is 6. The van der Waals surface area contributed by atoms with Crippen molar-refractivity contribution in [1.29, 1.82) is 5.26 Å². The normalized spacial score (nSPS) is 14.7. The number of aryl methyl sites for hydroxylation is 2. The number of nitriles is 1. The molecule has 0 spiro atoms. The molecule has 4 aromatic rings. The summed E-state index contributed by atoms with van der Waals surface area (Å²) in [6.45, 7) is 4.02. The zero-order valence-corrected chi connectivity index (χ0v) is 19.9. The number of halogens is 1. The summed E-state index contributed by atoms with van der Waals surface area (Å²) >= 11 is 7.44. The SMILES string of the molecule is Cc1ccc(-n2ncc3c(=O)n4c(nc32)SCC4CC(=O)Nc2cc(Cl)ccc2C#N)c(C)c1. The topological polar surface area (TPSA) is 106 Å². The third-order valence-corrected chi connectivity index (χ3v) is 7.08. The molecule has 5 rings (SSSR count). The van der Waals surface area contributed by atoms with Gasteiger partial charge in [0.1, 0.15) is 11.5 Å². The van der Waals surface area contributed by atoms with Gasteiger partial charge in [0.05, 0.1) is 29.2 Å². The summed E-state index contributed by atoms with van der Waals surface area (Å²) < 4.78 is 3.26. The van der Waals surface area contributed by atoms with Gasteiger partial charge in [0.15, 0.2) is 10.8 Å². The van der Waals surface area contributed by atoms with Crippen LogP contribution >= 0.6 is 23.4 Å². The van der Waals surface area contributed by atoms with E-state index in [4.69, 9.17) is 16.6 Å². The summed E-state index contributed by atoms with van der Waals surface area (Å²) in [6.07, 6.45) is 1.60. The van der Waals surface area contributed by atoms with Gasteiger partial charge in [-0.15, -0.1) is 0 Å². The maximum Gasteiger partial charge on any atom is 0.265 e. The van der Waals surface area contributed by atoms with Crippen molar-refractivity contribution in [3.63, 3.8) is 0 Å². The predicted molar refractivity (Wildman–Crippen MR) is 132 cm³/mol. The Morgan fingerprint density at radius 1 is 1.29 bits per heavy atom. The smallest absolute Gasteiger partial charge is 0.265 e. The molecule has 34 heavy (non-hydrogen) atoms. The van der Waals surface area contributed by atoms with Gasteiger partial charge >= 0.3 is 0 Å². The maximum absolute atomic E-state index is 13.4. The van der Waals surface area contributed by atoms with Gasteiger partial charge in [-0.2, -0.15) is 10.4 Å². The molecule has 0 bridgehead atoms. The molecule has 10 heteroatoms. The molecular weight excluding hydrogens is 472 g/mol. The first-order valence-electron chi connectivity index (χ1n) is 10.6. The predicted octanol–water partition coefficient (Wildman–Crippen LogP) is 4.40. The van der Waals surface area contributed by atoms with Crippen LogP contribution in [0, 0.1) is 25.2 Å². The van der Waals surface area contributed by atoms with E-state index in [2.05, 4.69) is 16.5 Å². The first-order chi connectivity index (χ1) is 16.4. The lowest BCUT2D eigenvalue weighted by molar-refractivity contribution is -0.116. The number of carbonyl (C=O) groups is 1. The standard InChI is InChI=1S/C24H19ClN6O2S/c1-13-3-6-20(14(2)7-13)31-22-18(11-27-31)23(33)30-17(12-34-24(30)29-22)9-21(32)28-19-8-16(25)5-4-15(19)10-26/h3-8,11,17H,9,12H2,1-2H3,(H,28,32). The van der Waals surface area contributed by atoms with E-state index in [1.165, 1.54) is 24.0 Å². The number of hydrogen-bond donors (Lipinski definition) is 1. The van der Waals surface area contributed by atoms with Crippen molar-refractivity contribution >= 4 is 46.0 Å². The van der Waals surface area contributed by atoms with Crippen LogP contribution in [0.25, 0.3) is 16.7 Å². The quantitative estimate of drug-likeness (QED) is 0.425. The number of amides is 1. The molecule has 2 aromatic heterocycles. The summed E-state index contributed by atoms with van der Waals surface area (Å²) in [4.78, 5) is 30.9. The Morgan fingerprint density at radius 2 is 2.12 bits per heavy atom. The molecule has 1 atom stereocenters. The molecule has 1 N–H and O–H groups in total. The third-order valence-electron chi connectivity index (χ3n) is 5.75. The molecular formula is C24H19ClN6O2S. The molecule has 0 aliphatic carbocycles. The molecule has 3 heterocycles. The molecule has 1 aliphatic heterocycles. The van der Waals surface area contributed by atoms with E-state index in [1.54, 1.807) is 21.4 Å². The molecule has 0 saturated heterocycles. The van der Waals surface area contributed by atoms with Gasteiger partial charge in [-0.05, 0) is 43.7 Å². The van der Waals surface area contributed by atoms with E-state index in [-0.39, 0.29) is 23.9 Å². The van der Waals surface area contributed by atoms with Crippen molar-refractivity contribution in [2.24, 2.45) is 0 Å². The van der Waals surface area contributed by atoms with Crippen LogP contribution in [-0.2, 0) is 4.79 Å². The van der Waals surface area contributed by atoms with Gasteiger partial charge in [0.25, 0.3) is 5.56 Å². The van der Waals surface area contributed by atoms with Crippen molar-refractivity contribution in [2.75, 3.05) is 11.1 Å². The second-order valence-corrected chi connectivity index (χ2v) is 9.60. The number of nitrogens with one attached hydrogen (secondary N) is 1. The highest BCUT2D eigenvalue weighted by Crippen LogP contribution is 2.34. The van der Waals surface area contributed by atoms with Crippen molar-refractivity contribution in [3.8, 4) is 11.8 Å². The number of benzene rings is 2. The third kappa shape index (κ3) is 3.85. The summed E-state index contributed by atoms with van der Waals surface area (Å²) in [5.41, 5.74) is 3.99. The van der Waals surface area contributed by atoms with E-state index in [0.29, 0.717) is 38.2 Å². The molecule has 1 unspecified atom stereocenters. The number of anilines is 1. The molecule has 1 amide bonds. The summed E-state index contributed by atoms with van der Waals surface area (Å²) in [5.74, 6) is 0.232. The maximum atomic E-state index is 13.4. The summed E-state index contributed by atoms with van der Waals surface area (Å²) in [6, 6.07) is 12.4. The van der Waals surface area contributed by atoms with Gasteiger partial charge < -0.3 is 5.32 Å². The van der Waals surface area contributed by atoms with Gasteiger partial charge in [-0.3, -0.25) is 14.2 Å². The molecule has 0 saturated carbocycles. The number of thioether (sulfide) groups is 1. The summed E-state index contributed by atoms with van der Waals surface area (Å²) in [5, 5.41) is 17.8. The number of fused-ring (bicyclic) bond motifs is 2. The van der Waals surface area contributed by atoms with Crippen molar-refractivity contribution in [1.82, 2.24) is 19.3 Å². The lowest BCUT2D eigenvalue weighted by Gasteiger charge is -2.14. The van der Waals surface area contributed by atoms with Crippen LogP contribution in [0.4, 0.5) is 5.69 Å². The largest absolute Gasteiger partial charge is 0.325 e. The Morgan fingerprint density at radius 3 is 2.88 bits per heavy atom. The number of carbonyl (C=O) groups excluding carboxylic acids is 1. The minimum absolute atomic E-state index is 0.0652. The highest BCUT2D eigenvalue weighted by molar-refractivity contribution is 7.99.